The second-order valence-corrected chi connectivity index (χ2v) is 12.3. The van der Waals surface area contributed by atoms with Crippen LogP contribution in [0.1, 0.15) is 84.5 Å². The first-order chi connectivity index (χ1) is 15.7. The molecular formula is C28H42N3O2+. The van der Waals surface area contributed by atoms with E-state index in [1.54, 1.807) is 0 Å². The number of fused-ring (bicyclic) bond motifs is 5. The highest BCUT2D eigenvalue weighted by molar-refractivity contribution is 5.89. The lowest BCUT2D eigenvalue weighted by Gasteiger charge is -2.62. The van der Waals surface area contributed by atoms with Crippen LogP contribution in [0.2, 0.25) is 0 Å². The Balaban J connectivity index is 1.40. The van der Waals surface area contributed by atoms with Crippen LogP contribution in [0.4, 0.5) is 5.69 Å². The number of nitrogens with zero attached hydrogens (tertiary/aromatic N) is 2. The van der Waals surface area contributed by atoms with Crippen molar-refractivity contribution in [1.29, 1.82) is 0 Å². The van der Waals surface area contributed by atoms with Gasteiger partial charge in [0.15, 0.2) is 0 Å². The average molecular weight is 453 g/mol. The van der Waals surface area contributed by atoms with E-state index in [2.05, 4.69) is 38.0 Å². The molecule has 2 amide bonds. The van der Waals surface area contributed by atoms with Crippen molar-refractivity contribution < 1.29 is 9.59 Å². The third-order valence-electron chi connectivity index (χ3n) is 11.2. The molecule has 0 bridgehead atoms. The molecule has 3 aliphatic carbocycles. The lowest BCUT2D eigenvalue weighted by atomic mass is 9.46. The third-order valence-corrected chi connectivity index (χ3v) is 11.2. The predicted octanol–water partition coefficient (Wildman–Crippen LogP) is 5.22. The van der Waals surface area contributed by atoms with Gasteiger partial charge in [0.25, 0.3) is 0 Å². The largest absolute Gasteiger partial charge is 0.370 e. The molecule has 1 aromatic rings. The normalized spacial score (nSPS) is 44.6. The molecule has 4 aliphatic rings. The second kappa shape index (κ2) is 8.18. The number of quaternary nitrogens is 1. The third kappa shape index (κ3) is 3.40. The van der Waals surface area contributed by atoms with Gasteiger partial charge in [-0.05, 0) is 80.5 Å². The van der Waals surface area contributed by atoms with E-state index in [1.807, 2.05) is 12.4 Å². The zero-order valence-electron chi connectivity index (χ0n) is 20.8. The van der Waals surface area contributed by atoms with Gasteiger partial charge in [0, 0.05) is 42.8 Å². The van der Waals surface area contributed by atoms with Crippen LogP contribution >= 0.6 is 0 Å². The summed E-state index contributed by atoms with van der Waals surface area (Å²) in [6.07, 6.45) is 15.7. The summed E-state index contributed by atoms with van der Waals surface area (Å²) >= 11 is 0. The molecule has 33 heavy (non-hydrogen) atoms. The van der Waals surface area contributed by atoms with Gasteiger partial charge >= 0.3 is 5.91 Å². The minimum absolute atomic E-state index is 0.160. The predicted molar refractivity (Wildman–Crippen MR) is 131 cm³/mol. The van der Waals surface area contributed by atoms with Gasteiger partial charge in [-0.15, -0.1) is 0 Å². The number of primary amides is 1. The van der Waals surface area contributed by atoms with Crippen LogP contribution in [0.15, 0.2) is 24.5 Å². The molecular weight excluding hydrogens is 410 g/mol. The standard InChI is InChI=1S/C28H41N3O2/c1-27-15-11-23-21(22(27)9-7-19(27)5-4-6-25(29)32)8-10-24-28(23,2)16-12-26(33)31(24,3)20-13-17-30-18-14-20/h13-14,17-19,21-24H,4-12,15-16H2,1-3H3,(H-,29,32)/p+1/t19-,21-,22-,23-,24+,27+,28+,31?/m0/s1. The SMILES string of the molecule is C[C@]12CCC(=O)[N+](C)(c3ccncc3)[C@@H]1CC[C@@H]1[C@@H]2CC[C@]2(C)[C@@H](CCCC(N)=O)CC[C@@H]12. The number of hydrogen-bond donors (Lipinski definition) is 1. The number of hydrogen-bond acceptors (Lipinski definition) is 3. The van der Waals surface area contributed by atoms with Gasteiger partial charge in [0.1, 0.15) is 11.7 Å². The fraction of sp³-hybridized carbons (Fsp3) is 0.750. The molecule has 0 radical (unpaired) electrons. The van der Waals surface area contributed by atoms with Crippen molar-refractivity contribution in [1.82, 2.24) is 9.47 Å². The number of carbonyl (C=O) groups excluding carboxylic acids is 2. The van der Waals surface area contributed by atoms with Gasteiger partial charge in [-0.2, -0.15) is 0 Å². The molecule has 8 atom stereocenters. The molecule has 1 aliphatic heterocycles. The number of amides is 2. The molecule has 3 saturated carbocycles. The molecule has 180 valence electrons. The van der Waals surface area contributed by atoms with E-state index in [-0.39, 0.29) is 11.3 Å². The number of rotatable bonds is 5. The smallest absolute Gasteiger partial charge is 0.318 e. The summed E-state index contributed by atoms with van der Waals surface area (Å²) in [5.74, 6) is 3.24. The van der Waals surface area contributed by atoms with E-state index in [0.717, 1.165) is 49.1 Å². The van der Waals surface area contributed by atoms with Crippen molar-refractivity contribution in [2.75, 3.05) is 7.05 Å². The lowest BCUT2D eigenvalue weighted by molar-refractivity contribution is -0.156. The van der Waals surface area contributed by atoms with E-state index >= 15 is 0 Å². The van der Waals surface area contributed by atoms with Crippen molar-refractivity contribution in [3.63, 3.8) is 0 Å². The maximum atomic E-state index is 13.4. The zero-order chi connectivity index (χ0) is 23.4. The van der Waals surface area contributed by atoms with Crippen LogP contribution in [0, 0.1) is 34.5 Å². The molecule has 1 unspecified atom stereocenters. The highest BCUT2D eigenvalue weighted by Crippen LogP contribution is 2.67. The Labute approximate surface area is 199 Å². The molecule has 0 spiro atoms. The monoisotopic (exact) mass is 452 g/mol. The van der Waals surface area contributed by atoms with E-state index in [0.29, 0.717) is 40.6 Å². The maximum absolute atomic E-state index is 13.4. The van der Waals surface area contributed by atoms with Gasteiger partial charge in [0.2, 0.25) is 5.91 Å². The number of carbonyl (C=O) groups is 2. The number of pyridine rings is 1. The van der Waals surface area contributed by atoms with Gasteiger partial charge in [-0.3, -0.25) is 9.78 Å². The first-order valence-corrected chi connectivity index (χ1v) is 13.3. The zero-order valence-corrected chi connectivity index (χ0v) is 20.8. The molecule has 2 heterocycles. The van der Waals surface area contributed by atoms with Crippen LogP contribution in [-0.4, -0.2) is 29.9 Å². The fourth-order valence-corrected chi connectivity index (χ4v) is 9.50. The van der Waals surface area contributed by atoms with E-state index in [9.17, 15) is 9.59 Å². The number of aromatic nitrogens is 1. The topological polar surface area (TPSA) is 73.1 Å². The highest BCUT2D eigenvalue weighted by atomic mass is 16.2. The Kier molecular flexibility index (Phi) is 5.70. The van der Waals surface area contributed by atoms with Crippen molar-refractivity contribution >= 4 is 17.5 Å². The lowest BCUT2D eigenvalue weighted by Crippen LogP contribution is -2.70. The maximum Gasteiger partial charge on any atom is 0.318 e. The summed E-state index contributed by atoms with van der Waals surface area (Å²) in [6, 6.07) is 4.47. The quantitative estimate of drug-likeness (QED) is 0.622. The summed E-state index contributed by atoms with van der Waals surface area (Å²) in [4.78, 5) is 28.9. The van der Waals surface area contributed by atoms with Crippen LogP contribution < -0.4 is 10.2 Å². The summed E-state index contributed by atoms with van der Waals surface area (Å²) in [5, 5.41) is 0. The van der Waals surface area contributed by atoms with Crippen LogP contribution in [0.3, 0.4) is 0 Å². The average Bonchev–Trinajstić information content (AvgIpc) is 3.13. The van der Waals surface area contributed by atoms with Gasteiger partial charge in [-0.25, -0.2) is 9.28 Å². The van der Waals surface area contributed by atoms with E-state index in [1.165, 1.54) is 32.1 Å². The Morgan fingerprint density at radius 2 is 1.79 bits per heavy atom. The molecule has 0 aromatic carbocycles. The summed E-state index contributed by atoms with van der Waals surface area (Å²) in [6.45, 7) is 5.09. The van der Waals surface area contributed by atoms with Gasteiger partial charge in [-0.1, -0.05) is 13.8 Å². The van der Waals surface area contributed by atoms with Gasteiger partial charge < -0.3 is 5.73 Å². The summed E-state index contributed by atoms with van der Waals surface area (Å²) < 4.78 is 0.458. The van der Waals surface area contributed by atoms with Crippen molar-refractivity contribution in [3.8, 4) is 0 Å². The minimum Gasteiger partial charge on any atom is -0.370 e. The number of likely N-dealkylation sites (tertiary alicyclic amines) is 1. The van der Waals surface area contributed by atoms with Crippen molar-refractivity contribution in [2.45, 2.75) is 90.5 Å². The minimum atomic E-state index is -0.160. The highest BCUT2D eigenvalue weighted by Gasteiger charge is 2.65. The first kappa shape index (κ1) is 23.0. The van der Waals surface area contributed by atoms with Crippen LogP contribution in [0.5, 0.6) is 0 Å². The Morgan fingerprint density at radius 1 is 1.06 bits per heavy atom. The second-order valence-electron chi connectivity index (χ2n) is 12.3. The molecule has 2 N–H and O–H groups in total. The molecule has 5 rings (SSSR count). The van der Waals surface area contributed by atoms with Crippen molar-refractivity contribution in [3.05, 3.63) is 24.5 Å². The Bertz CT molecular complexity index is 919. The Morgan fingerprint density at radius 3 is 2.52 bits per heavy atom. The number of nitrogens with two attached hydrogens (primary N) is 1. The Hall–Kier alpha value is -1.75. The van der Waals surface area contributed by atoms with Crippen LogP contribution in [-0.2, 0) is 9.59 Å². The summed E-state index contributed by atoms with van der Waals surface area (Å²) in [7, 11) is 2.18. The summed E-state index contributed by atoms with van der Waals surface area (Å²) in [5.41, 5.74) is 7.14. The molecule has 5 heteroatoms. The van der Waals surface area contributed by atoms with Gasteiger partial charge in [0.05, 0.1) is 13.5 Å². The molecule has 1 aromatic heterocycles. The van der Waals surface area contributed by atoms with Crippen molar-refractivity contribution in [2.24, 2.45) is 40.2 Å². The van der Waals surface area contributed by atoms with E-state index in [4.69, 9.17) is 5.73 Å². The fourth-order valence-electron chi connectivity index (χ4n) is 9.50. The molecule has 5 nitrogen and oxygen atoms in total. The number of piperidine rings is 1. The van der Waals surface area contributed by atoms with Crippen LogP contribution in [0.25, 0.3) is 0 Å². The molecule has 4 fully saturated rings. The van der Waals surface area contributed by atoms with E-state index < -0.39 is 0 Å². The molecule has 1 saturated heterocycles. The first-order valence-electron chi connectivity index (χ1n) is 13.3.